The Hall–Kier alpha value is -1.14. The summed E-state index contributed by atoms with van der Waals surface area (Å²) in [5.74, 6) is -0.912. The van der Waals surface area contributed by atoms with Gasteiger partial charge in [0, 0.05) is 13.1 Å². The standard InChI is InChI=1S/C8H18N4O2/c1-2-11-3-4-12(5-7(9)13)6-8(10)14/h11H,2-6H2,1H3,(H2,9,13)(H2,10,14). The van der Waals surface area contributed by atoms with Crippen LogP contribution in [0.4, 0.5) is 0 Å². The highest BCUT2D eigenvalue weighted by Gasteiger charge is 2.09. The molecule has 0 unspecified atom stereocenters. The molecule has 0 heterocycles. The summed E-state index contributed by atoms with van der Waals surface area (Å²) in [5.41, 5.74) is 10.0. The first-order chi connectivity index (χ1) is 6.56. The number of hydrogen-bond acceptors (Lipinski definition) is 4. The van der Waals surface area contributed by atoms with Gasteiger partial charge in [0.1, 0.15) is 0 Å². The number of nitrogens with zero attached hydrogens (tertiary/aromatic N) is 1. The van der Waals surface area contributed by atoms with Crippen LogP contribution in [0.15, 0.2) is 0 Å². The molecule has 0 fully saturated rings. The van der Waals surface area contributed by atoms with Crippen LogP contribution in [0.3, 0.4) is 0 Å². The van der Waals surface area contributed by atoms with E-state index in [1.54, 1.807) is 4.90 Å². The number of carbonyl (C=O) groups excluding carboxylic acids is 2. The van der Waals surface area contributed by atoms with E-state index in [9.17, 15) is 9.59 Å². The van der Waals surface area contributed by atoms with Crippen molar-refractivity contribution in [2.45, 2.75) is 6.92 Å². The third-order valence-electron chi connectivity index (χ3n) is 1.61. The van der Waals surface area contributed by atoms with Gasteiger partial charge in [0.25, 0.3) is 0 Å². The van der Waals surface area contributed by atoms with Gasteiger partial charge in [-0.3, -0.25) is 14.5 Å². The minimum absolute atomic E-state index is 0.0638. The largest absolute Gasteiger partial charge is 0.369 e. The summed E-state index contributed by atoms with van der Waals surface area (Å²) in [7, 11) is 0. The number of hydrogen-bond donors (Lipinski definition) is 3. The molecule has 0 aliphatic rings. The zero-order chi connectivity index (χ0) is 11.0. The number of amides is 2. The van der Waals surface area contributed by atoms with E-state index in [4.69, 9.17) is 11.5 Å². The Labute approximate surface area is 83.6 Å². The van der Waals surface area contributed by atoms with Gasteiger partial charge in [0.05, 0.1) is 13.1 Å². The van der Waals surface area contributed by atoms with Crippen molar-refractivity contribution in [3.63, 3.8) is 0 Å². The molecule has 0 saturated heterocycles. The third-order valence-corrected chi connectivity index (χ3v) is 1.61. The van der Waals surface area contributed by atoms with Gasteiger partial charge in [-0.15, -0.1) is 0 Å². The number of nitrogens with two attached hydrogens (primary N) is 2. The van der Waals surface area contributed by atoms with Crippen LogP contribution in [0.25, 0.3) is 0 Å². The first kappa shape index (κ1) is 12.9. The lowest BCUT2D eigenvalue weighted by Gasteiger charge is -2.18. The van der Waals surface area contributed by atoms with Crippen molar-refractivity contribution < 1.29 is 9.59 Å². The highest BCUT2D eigenvalue weighted by molar-refractivity contribution is 5.79. The number of likely N-dealkylation sites (N-methyl/N-ethyl adjacent to an activating group) is 1. The molecule has 6 heteroatoms. The molecule has 0 radical (unpaired) electrons. The Kier molecular flexibility index (Phi) is 6.69. The monoisotopic (exact) mass is 202 g/mol. The molecule has 0 rings (SSSR count). The van der Waals surface area contributed by atoms with Gasteiger partial charge in [0.2, 0.25) is 11.8 Å². The smallest absolute Gasteiger partial charge is 0.231 e. The highest BCUT2D eigenvalue weighted by Crippen LogP contribution is 1.85. The van der Waals surface area contributed by atoms with Crippen molar-refractivity contribution in [2.24, 2.45) is 11.5 Å². The number of rotatable bonds is 8. The second-order valence-corrected chi connectivity index (χ2v) is 3.00. The quantitative estimate of drug-likeness (QED) is 0.391. The third kappa shape index (κ3) is 7.51. The van der Waals surface area contributed by atoms with Crippen LogP contribution in [0, 0.1) is 0 Å². The maximum atomic E-state index is 10.6. The fourth-order valence-electron chi connectivity index (χ4n) is 1.07. The topological polar surface area (TPSA) is 101 Å². The minimum atomic E-state index is -0.456. The summed E-state index contributed by atoms with van der Waals surface area (Å²) in [5, 5.41) is 3.08. The Morgan fingerprint density at radius 2 is 1.71 bits per heavy atom. The summed E-state index contributed by atoms with van der Waals surface area (Å²) < 4.78 is 0. The second-order valence-electron chi connectivity index (χ2n) is 3.00. The van der Waals surface area contributed by atoms with Crippen molar-refractivity contribution in [1.29, 1.82) is 0 Å². The Morgan fingerprint density at radius 3 is 2.07 bits per heavy atom. The lowest BCUT2D eigenvalue weighted by atomic mass is 10.4. The van der Waals surface area contributed by atoms with Crippen LogP contribution in [0.1, 0.15) is 6.92 Å². The Morgan fingerprint density at radius 1 is 1.21 bits per heavy atom. The molecule has 0 bridgehead atoms. The van der Waals surface area contributed by atoms with Gasteiger partial charge in [0.15, 0.2) is 0 Å². The SMILES string of the molecule is CCNCCN(CC(N)=O)CC(N)=O. The van der Waals surface area contributed by atoms with Crippen LogP contribution in [-0.2, 0) is 9.59 Å². The highest BCUT2D eigenvalue weighted by atomic mass is 16.2. The number of primary amides is 2. The summed E-state index contributed by atoms with van der Waals surface area (Å²) in [6.07, 6.45) is 0. The molecule has 6 nitrogen and oxygen atoms in total. The summed E-state index contributed by atoms with van der Waals surface area (Å²) in [6, 6.07) is 0. The van der Waals surface area contributed by atoms with Crippen LogP contribution >= 0.6 is 0 Å². The number of nitrogens with one attached hydrogen (secondary N) is 1. The van der Waals surface area contributed by atoms with Crippen molar-refractivity contribution in [1.82, 2.24) is 10.2 Å². The molecule has 0 aliphatic heterocycles. The van der Waals surface area contributed by atoms with Gasteiger partial charge in [-0.05, 0) is 6.54 Å². The molecule has 0 spiro atoms. The second kappa shape index (κ2) is 7.28. The van der Waals surface area contributed by atoms with E-state index < -0.39 is 11.8 Å². The van der Waals surface area contributed by atoms with E-state index in [1.165, 1.54) is 0 Å². The molecule has 14 heavy (non-hydrogen) atoms. The molecule has 0 aromatic carbocycles. The lowest BCUT2D eigenvalue weighted by Crippen LogP contribution is -2.42. The average molecular weight is 202 g/mol. The lowest BCUT2D eigenvalue weighted by molar-refractivity contribution is -0.121. The summed E-state index contributed by atoms with van der Waals surface area (Å²) >= 11 is 0. The maximum absolute atomic E-state index is 10.6. The van der Waals surface area contributed by atoms with E-state index in [0.717, 1.165) is 6.54 Å². The molecular weight excluding hydrogens is 184 g/mol. The van der Waals surface area contributed by atoms with E-state index >= 15 is 0 Å². The van der Waals surface area contributed by atoms with Crippen LogP contribution in [-0.4, -0.2) is 49.4 Å². The molecule has 2 amide bonds. The molecular formula is C8H18N4O2. The van der Waals surface area contributed by atoms with Gasteiger partial charge < -0.3 is 16.8 Å². The van der Waals surface area contributed by atoms with E-state index in [2.05, 4.69) is 5.32 Å². The molecule has 5 N–H and O–H groups in total. The predicted octanol–water partition coefficient (Wildman–Crippen LogP) is -2.13. The van der Waals surface area contributed by atoms with E-state index in [-0.39, 0.29) is 13.1 Å². The van der Waals surface area contributed by atoms with E-state index in [1.807, 2.05) is 6.92 Å². The predicted molar refractivity (Wildman–Crippen MR) is 53.4 cm³/mol. The van der Waals surface area contributed by atoms with Gasteiger partial charge in [-0.1, -0.05) is 6.92 Å². The molecule has 0 saturated carbocycles. The fourth-order valence-corrected chi connectivity index (χ4v) is 1.07. The molecule has 0 atom stereocenters. The zero-order valence-electron chi connectivity index (χ0n) is 8.45. The van der Waals surface area contributed by atoms with Crippen molar-refractivity contribution in [3.05, 3.63) is 0 Å². The molecule has 0 aromatic rings. The normalized spacial score (nSPS) is 10.4. The maximum Gasteiger partial charge on any atom is 0.231 e. The van der Waals surface area contributed by atoms with Crippen molar-refractivity contribution >= 4 is 11.8 Å². The molecule has 0 aliphatic carbocycles. The first-order valence-electron chi connectivity index (χ1n) is 4.56. The Bertz CT molecular complexity index is 180. The fraction of sp³-hybridized carbons (Fsp3) is 0.750. The minimum Gasteiger partial charge on any atom is -0.369 e. The zero-order valence-corrected chi connectivity index (χ0v) is 8.45. The average Bonchev–Trinajstić information content (AvgIpc) is 2.02. The van der Waals surface area contributed by atoms with Gasteiger partial charge in [-0.2, -0.15) is 0 Å². The van der Waals surface area contributed by atoms with Crippen LogP contribution < -0.4 is 16.8 Å². The van der Waals surface area contributed by atoms with Crippen LogP contribution in [0.5, 0.6) is 0 Å². The first-order valence-corrected chi connectivity index (χ1v) is 4.56. The Balaban J connectivity index is 3.84. The van der Waals surface area contributed by atoms with Gasteiger partial charge in [-0.25, -0.2) is 0 Å². The number of carbonyl (C=O) groups is 2. The van der Waals surface area contributed by atoms with E-state index in [0.29, 0.717) is 13.1 Å². The van der Waals surface area contributed by atoms with Crippen molar-refractivity contribution in [2.75, 3.05) is 32.7 Å². The summed E-state index contributed by atoms with van der Waals surface area (Å²) in [6.45, 7) is 4.24. The van der Waals surface area contributed by atoms with Crippen molar-refractivity contribution in [3.8, 4) is 0 Å². The van der Waals surface area contributed by atoms with Crippen LogP contribution in [0.2, 0.25) is 0 Å². The van der Waals surface area contributed by atoms with Gasteiger partial charge >= 0.3 is 0 Å². The molecule has 0 aromatic heterocycles. The summed E-state index contributed by atoms with van der Waals surface area (Å²) in [4.78, 5) is 22.9. The molecule has 82 valence electrons.